The van der Waals surface area contributed by atoms with E-state index in [2.05, 4.69) is 27.1 Å². The van der Waals surface area contributed by atoms with Gasteiger partial charge in [0, 0.05) is 43.7 Å². The maximum atomic E-state index is 12.9. The maximum absolute atomic E-state index is 12.9. The van der Waals surface area contributed by atoms with Crippen LogP contribution in [0.25, 0.3) is 0 Å². The molecule has 1 N–H and O–H groups in total. The third-order valence-electron chi connectivity index (χ3n) is 6.19. The first-order valence-electron chi connectivity index (χ1n) is 12.3. The third kappa shape index (κ3) is 7.38. The molecule has 1 saturated heterocycles. The average Bonchev–Trinajstić information content (AvgIpc) is 3.28. The van der Waals surface area contributed by atoms with Gasteiger partial charge >= 0.3 is 0 Å². The van der Waals surface area contributed by atoms with Crippen molar-refractivity contribution >= 4 is 30.1 Å². The number of aryl methyl sites for hydroxylation is 1. The first kappa shape index (κ1) is 28.3. The number of guanidine groups is 1. The van der Waals surface area contributed by atoms with Gasteiger partial charge in [0.2, 0.25) is 11.9 Å². The van der Waals surface area contributed by atoms with Crippen molar-refractivity contribution < 1.29 is 9.53 Å². The smallest absolute Gasteiger partial charge is 0.227 e. The number of aliphatic imine (C=N–C) groups is 1. The van der Waals surface area contributed by atoms with Gasteiger partial charge in [-0.1, -0.05) is 55.5 Å². The van der Waals surface area contributed by atoms with E-state index in [1.54, 1.807) is 4.68 Å². The quantitative estimate of drug-likeness (QED) is 0.274. The van der Waals surface area contributed by atoms with Gasteiger partial charge in [-0.15, -0.1) is 12.4 Å². The topological polar surface area (TPSA) is 87.9 Å². The predicted octanol–water partition coefficient (Wildman–Crippen LogP) is 3.28. The molecule has 2 heterocycles. The van der Waals surface area contributed by atoms with Gasteiger partial charge in [0.15, 0.2) is 11.6 Å². The van der Waals surface area contributed by atoms with Gasteiger partial charge in [-0.3, -0.25) is 15.1 Å². The van der Waals surface area contributed by atoms with Crippen LogP contribution < -0.4 is 5.32 Å². The van der Waals surface area contributed by atoms with Crippen LogP contribution in [-0.2, 0) is 11.8 Å². The Balaban J connectivity index is 0.00000380. The summed E-state index contributed by atoms with van der Waals surface area (Å²) in [5, 5.41) is 8.08. The van der Waals surface area contributed by atoms with Crippen LogP contribution >= 0.6 is 12.4 Å². The van der Waals surface area contributed by atoms with Crippen molar-refractivity contribution in [2.75, 3.05) is 58.8 Å². The molecule has 0 amide bonds. The highest BCUT2D eigenvalue weighted by molar-refractivity contribution is 6.09. The Kier molecular flexibility index (Phi) is 10.2. The molecule has 4 rings (SSSR count). The molecule has 1 atom stereocenters. The summed E-state index contributed by atoms with van der Waals surface area (Å²) in [7, 11) is 5.95. The van der Waals surface area contributed by atoms with Crippen molar-refractivity contribution in [3.8, 4) is 0 Å². The first-order valence-corrected chi connectivity index (χ1v) is 12.3. The summed E-state index contributed by atoms with van der Waals surface area (Å²) >= 11 is 0. The van der Waals surface area contributed by atoms with Crippen molar-refractivity contribution in [1.29, 1.82) is 0 Å². The van der Waals surface area contributed by atoms with Gasteiger partial charge in [-0.2, -0.15) is 10.1 Å². The number of ether oxygens (including phenoxy) is 1. The number of nitrogens with zero attached hydrogens (tertiary/aromatic N) is 6. The molecule has 198 valence electrons. The van der Waals surface area contributed by atoms with Crippen molar-refractivity contribution in [3.05, 3.63) is 77.1 Å². The zero-order valence-electron chi connectivity index (χ0n) is 21.9. The molecule has 37 heavy (non-hydrogen) atoms. The zero-order chi connectivity index (χ0) is 25.5. The highest BCUT2D eigenvalue weighted by Gasteiger charge is 2.21. The molecule has 2 aromatic carbocycles. The number of benzene rings is 2. The lowest BCUT2D eigenvalue weighted by Gasteiger charge is -2.30. The molecule has 0 radical (unpaired) electrons. The van der Waals surface area contributed by atoms with Gasteiger partial charge in [0.05, 0.1) is 19.8 Å². The summed E-state index contributed by atoms with van der Waals surface area (Å²) in [4.78, 5) is 26.9. The van der Waals surface area contributed by atoms with E-state index in [1.165, 1.54) is 0 Å². The molecule has 9 nitrogen and oxygen atoms in total. The Morgan fingerprint density at radius 1 is 1.11 bits per heavy atom. The van der Waals surface area contributed by atoms with Gasteiger partial charge in [-0.05, 0) is 25.7 Å². The summed E-state index contributed by atoms with van der Waals surface area (Å²) in [6.45, 7) is 6.49. The van der Waals surface area contributed by atoms with E-state index in [1.807, 2.05) is 75.7 Å². The van der Waals surface area contributed by atoms with Gasteiger partial charge < -0.3 is 14.5 Å². The number of anilines is 1. The number of aromatic nitrogens is 3. The first-order chi connectivity index (χ1) is 17.4. The molecule has 3 aromatic rings. The standard InChI is InChI=1S/C27H35N7O2.ClH/c1-20(22-11-8-12-23(19-22)24(35)21-9-6-5-7-10-21)25-29-27(33(4)31-25)30-26(28-13-14-32(2)3)34-15-17-36-18-16-34;/h5-12,19-20H,13-18H2,1-4H3,(H,28,29,30,31);1H. The number of likely N-dealkylation sites (N-methyl/N-ethyl adjacent to an activating group) is 1. The van der Waals surface area contributed by atoms with Crippen LogP contribution in [0.3, 0.4) is 0 Å². The average molecular weight is 526 g/mol. The lowest BCUT2D eigenvalue weighted by molar-refractivity contribution is 0.0678. The molecule has 10 heteroatoms. The number of carbonyl (C=O) groups is 1. The SMILES string of the molecule is CC(c1cccc(C(=O)c2ccccc2)c1)c1nc(NC(=NCCN(C)C)N2CCOCC2)n(C)n1.Cl. The van der Waals surface area contributed by atoms with Gasteiger partial charge in [0.1, 0.15) is 0 Å². The fourth-order valence-corrected chi connectivity index (χ4v) is 4.00. The summed E-state index contributed by atoms with van der Waals surface area (Å²) < 4.78 is 7.26. The predicted molar refractivity (Wildman–Crippen MR) is 149 cm³/mol. The Bertz CT molecular complexity index is 1190. The van der Waals surface area contributed by atoms with E-state index in [-0.39, 0.29) is 24.1 Å². The Morgan fingerprint density at radius 2 is 1.81 bits per heavy atom. The van der Waals surface area contributed by atoms with E-state index in [9.17, 15) is 4.79 Å². The molecular formula is C27H36ClN7O2. The normalized spacial score (nSPS) is 14.8. The number of hydrogen-bond acceptors (Lipinski definition) is 6. The van der Waals surface area contributed by atoms with Crippen LogP contribution in [0.4, 0.5) is 5.95 Å². The number of hydrogen-bond donors (Lipinski definition) is 1. The minimum Gasteiger partial charge on any atom is -0.378 e. The lowest BCUT2D eigenvalue weighted by atomic mass is 9.95. The van der Waals surface area contributed by atoms with Crippen molar-refractivity contribution in [3.63, 3.8) is 0 Å². The summed E-state index contributed by atoms with van der Waals surface area (Å²) in [5.41, 5.74) is 2.32. The van der Waals surface area contributed by atoms with Gasteiger partial charge in [-0.25, -0.2) is 4.68 Å². The molecule has 0 aliphatic carbocycles. The number of nitrogens with one attached hydrogen (secondary N) is 1. The molecule has 0 saturated carbocycles. The highest BCUT2D eigenvalue weighted by atomic mass is 35.5. The second kappa shape index (κ2) is 13.3. The van der Waals surface area contributed by atoms with E-state index >= 15 is 0 Å². The van der Waals surface area contributed by atoms with Crippen LogP contribution in [0.5, 0.6) is 0 Å². The maximum Gasteiger partial charge on any atom is 0.227 e. The van der Waals surface area contributed by atoms with Crippen molar-refractivity contribution in [2.45, 2.75) is 12.8 Å². The zero-order valence-corrected chi connectivity index (χ0v) is 22.7. The van der Waals surface area contributed by atoms with Crippen molar-refractivity contribution in [2.24, 2.45) is 12.0 Å². The second-order valence-corrected chi connectivity index (χ2v) is 9.19. The second-order valence-electron chi connectivity index (χ2n) is 9.19. The lowest BCUT2D eigenvalue weighted by Crippen LogP contribution is -2.44. The van der Waals surface area contributed by atoms with Gasteiger partial charge in [0.25, 0.3) is 0 Å². The molecule has 1 unspecified atom stereocenters. The van der Waals surface area contributed by atoms with Crippen LogP contribution in [0.15, 0.2) is 59.6 Å². The monoisotopic (exact) mass is 525 g/mol. The largest absolute Gasteiger partial charge is 0.378 e. The fraction of sp³-hybridized carbons (Fsp3) is 0.407. The Morgan fingerprint density at radius 3 is 2.51 bits per heavy atom. The van der Waals surface area contributed by atoms with Crippen molar-refractivity contribution in [1.82, 2.24) is 24.6 Å². The molecule has 1 fully saturated rings. The Hall–Kier alpha value is -3.27. The van der Waals surface area contributed by atoms with Crippen LogP contribution in [0.1, 0.15) is 40.2 Å². The number of halogens is 1. The number of carbonyl (C=O) groups excluding carboxylic acids is 1. The van der Waals surface area contributed by atoms with Crippen LogP contribution in [0.2, 0.25) is 0 Å². The third-order valence-corrected chi connectivity index (χ3v) is 6.19. The number of rotatable bonds is 8. The minimum atomic E-state index is -0.0900. The summed E-state index contributed by atoms with van der Waals surface area (Å²) in [6, 6.07) is 17.0. The van der Waals surface area contributed by atoms with E-state index < -0.39 is 0 Å². The molecule has 1 aliphatic rings. The molecule has 1 aliphatic heterocycles. The molecule has 0 bridgehead atoms. The van der Waals surface area contributed by atoms with E-state index in [4.69, 9.17) is 14.7 Å². The molecule has 0 spiro atoms. The number of morpholine rings is 1. The Labute approximate surface area is 225 Å². The fourth-order valence-electron chi connectivity index (χ4n) is 4.00. The minimum absolute atomic E-state index is 0. The summed E-state index contributed by atoms with van der Waals surface area (Å²) in [6.07, 6.45) is 0. The highest BCUT2D eigenvalue weighted by Crippen LogP contribution is 2.24. The number of ketones is 1. The van der Waals surface area contributed by atoms with Crippen LogP contribution in [-0.4, -0.2) is 89.8 Å². The molecular weight excluding hydrogens is 490 g/mol. The van der Waals surface area contributed by atoms with Crippen LogP contribution in [0, 0.1) is 0 Å². The van der Waals surface area contributed by atoms with E-state index in [0.29, 0.717) is 42.7 Å². The molecule has 1 aromatic heterocycles. The van der Waals surface area contributed by atoms with E-state index in [0.717, 1.165) is 31.2 Å². The summed E-state index contributed by atoms with van der Waals surface area (Å²) in [5.74, 6) is 2.01.